The van der Waals surface area contributed by atoms with E-state index in [4.69, 9.17) is 5.73 Å². The summed E-state index contributed by atoms with van der Waals surface area (Å²) in [5, 5.41) is 16.5. The van der Waals surface area contributed by atoms with Crippen LogP contribution < -0.4 is 16.4 Å². The van der Waals surface area contributed by atoms with Crippen LogP contribution in [0.4, 0.5) is 4.79 Å². The summed E-state index contributed by atoms with van der Waals surface area (Å²) in [7, 11) is 1.82. The van der Waals surface area contributed by atoms with Crippen LogP contribution in [0.15, 0.2) is 5.16 Å². The third kappa shape index (κ3) is 4.78. The number of amides is 3. The van der Waals surface area contributed by atoms with Gasteiger partial charge in [-0.05, 0) is 17.5 Å². The standard InChI is InChI=1S/C7H13N7O2S/c1-9-2-3-14-7(11-12-13-14)17-4-5(15)10-6(8)16/h9H,2-4H2,1H3,(H3,8,10,15,16). The Kier molecular flexibility index (Phi) is 5.36. The maximum Gasteiger partial charge on any atom is 0.318 e. The number of likely N-dealkylation sites (N-methyl/N-ethyl adjacent to an activating group) is 1. The van der Waals surface area contributed by atoms with Gasteiger partial charge in [0.15, 0.2) is 0 Å². The number of thioether (sulfide) groups is 1. The Bertz CT molecular complexity index is 393. The summed E-state index contributed by atoms with van der Waals surface area (Å²) >= 11 is 1.13. The van der Waals surface area contributed by atoms with Crippen LogP contribution in [0.1, 0.15) is 0 Å². The predicted molar refractivity (Wildman–Crippen MR) is 60.2 cm³/mol. The molecule has 0 atom stereocenters. The molecule has 0 aliphatic heterocycles. The molecule has 0 aliphatic carbocycles. The van der Waals surface area contributed by atoms with Crippen LogP contribution in [0.2, 0.25) is 0 Å². The number of nitrogens with zero attached hydrogens (tertiary/aromatic N) is 4. The second-order valence-electron chi connectivity index (χ2n) is 2.99. The van der Waals surface area contributed by atoms with Crippen LogP contribution in [-0.4, -0.2) is 51.5 Å². The third-order valence-electron chi connectivity index (χ3n) is 1.67. The van der Waals surface area contributed by atoms with Crippen LogP contribution in [0, 0.1) is 0 Å². The molecule has 0 saturated heterocycles. The molecule has 3 amide bonds. The van der Waals surface area contributed by atoms with E-state index in [2.05, 4.69) is 20.8 Å². The van der Waals surface area contributed by atoms with E-state index in [0.29, 0.717) is 18.2 Å². The quantitative estimate of drug-likeness (QED) is 0.513. The summed E-state index contributed by atoms with van der Waals surface area (Å²) in [6, 6.07) is -0.870. The summed E-state index contributed by atoms with van der Waals surface area (Å²) < 4.78 is 1.57. The fourth-order valence-electron chi connectivity index (χ4n) is 0.961. The number of carbonyl (C=O) groups is 2. The van der Waals surface area contributed by atoms with Crippen LogP contribution in [0.5, 0.6) is 0 Å². The summed E-state index contributed by atoms with van der Waals surface area (Å²) in [5.74, 6) is -0.450. The SMILES string of the molecule is CNCCn1nnnc1SCC(=O)NC(N)=O. The first kappa shape index (κ1) is 13.4. The van der Waals surface area contributed by atoms with Gasteiger partial charge in [0.2, 0.25) is 11.1 Å². The summed E-state index contributed by atoms with van der Waals surface area (Å²) in [5.41, 5.74) is 4.80. The number of nitrogens with one attached hydrogen (secondary N) is 2. The van der Waals surface area contributed by atoms with Crippen molar-refractivity contribution in [3.8, 4) is 0 Å². The Morgan fingerprint density at radius 3 is 2.94 bits per heavy atom. The number of tetrazole rings is 1. The van der Waals surface area contributed by atoms with E-state index in [1.165, 1.54) is 0 Å². The van der Waals surface area contributed by atoms with Crippen molar-refractivity contribution in [1.29, 1.82) is 0 Å². The summed E-state index contributed by atoms with van der Waals surface area (Å²) in [4.78, 5) is 21.6. The summed E-state index contributed by atoms with van der Waals surface area (Å²) in [6.07, 6.45) is 0. The van der Waals surface area contributed by atoms with E-state index in [0.717, 1.165) is 11.8 Å². The topological polar surface area (TPSA) is 128 Å². The number of hydrogen-bond donors (Lipinski definition) is 3. The molecule has 0 unspecified atom stereocenters. The van der Waals surface area contributed by atoms with Gasteiger partial charge >= 0.3 is 6.03 Å². The van der Waals surface area contributed by atoms with E-state index in [-0.39, 0.29) is 5.75 Å². The van der Waals surface area contributed by atoms with Crippen LogP contribution in [0.25, 0.3) is 0 Å². The van der Waals surface area contributed by atoms with Crippen LogP contribution in [-0.2, 0) is 11.3 Å². The first-order chi connectivity index (χ1) is 8.13. The van der Waals surface area contributed by atoms with Crippen molar-refractivity contribution in [1.82, 2.24) is 30.8 Å². The smallest absolute Gasteiger partial charge is 0.318 e. The normalized spacial score (nSPS) is 10.2. The predicted octanol–water partition coefficient (Wildman–Crippen LogP) is -1.82. The molecule has 0 bridgehead atoms. The Hall–Kier alpha value is -1.68. The first-order valence-electron chi connectivity index (χ1n) is 4.76. The van der Waals surface area contributed by atoms with Gasteiger partial charge in [-0.2, -0.15) is 0 Å². The average molecular weight is 259 g/mol. The number of carbonyl (C=O) groups excluding carboxylic acids is 2. The van der Waals surface area contributed by atoms with E-state index >= 15 is 0 Å². The van der Waals surface area contributed by atoms with Gasteiger partial charge in [0.25, 0.3) is 0 Å². The number of rotatable bonds is 6. The second kappa shape index (κ2) is 6.81. The third-order valence-corrected chi connectivity index (χ3v) is 2.62. The molecular formula is C7H13N7O2S. The molecule has 0 aromatic carbocycles. The number of aromatic nitrogens is 4. The highest BCUT2D eigenvalue weighted by molar-refractivity contribution is 7.99. The zero-order chi connectivity index (χ0) is 12.7. The number of hydrogen-bond acceptors (Lipinski definition) is 7. The molecule has 0 spiro atoms. The van der Waals surface area contributed by atoms with Crippen molar-refractivity contribution >= 4 is 23.7 Å². The molecule has 0 radical (unpaired) electrons. The lowest BCUT2D eigenvalue weighted by Gasteiger charge is -2.03. The van der Waals surface area contributed by atoms with E-state index < -0.39 is 11.9 Å². The lowest BCUT2D eigenvalue weighted by molar-refractivity contribution is -0.117. The molecule has 1 heterocycles. The Balaban J connectivity index is 2.43. The molecule has 10 heteroatoms. The molecule has 9 nitrogen and oxygen atoms in total. The highest BCUT2D eigenvalue weighted by atomic mass is 32.2. The lowest BCUT2D eigenvalue weighted by Crippen LogP contribution is -2.36. The van der Waals surface area contributed by atoms with Gasteiger partial charge < -0.3 is 11.1 Å². The minimum absolute atomic E-state index is 0.0306. The van der Waals surface area contributed by atoms with Crippen LogP contribution in [0.3, 0.4) is 0 Å². The van der Waals surface area contributed by atoms with Gasteiger partial charge in [-0.15, -0.1) is 5.10 Å². The van der Waals surface area contributed by atoms with Gasteiger partial charge in [-0.1, -0.05) is 11.8 Å². The number of primary amides is 1. The Morgan fingerprint density at radius 2 is 2.29 bits per heavy atom. The molecule has 0 aliphatic rings. The van der Waals surface area contributed by atoms with Crippen molar-refractivity contribution < 1.29 is 9.59 Å². The van der Waals surface area contributed by atoms with Crippen molar-refractivity contribution in [2.24, 2.45) is 5.73 Å². The Morgan fingerprint density at radius 1 is 1.53 bits per heavy atom. The highest BCUT2D eigenvalue weighted by Gasteiger charge is 2.10. The highest BCUT2D eigenvalue weighted by Crippen LogP contribution is 2.12. The fraction of sp³-hybridized carbons (Fsp3) is 0.571. The summed E-state index contributed by atoms with van der Waals surface area (Å²) in [6.45, 7) is 1.31. The Labute approximate surface area is 101 Å². The number of nitrogens with two attached hydrogens (primary N) is 1. The second-order valence-corrected chi connectivity index (χ2v) is 3.93. The zero-order valence-corrected chi connectivity index (χ0v) is 10.0. The van der Waals surface area contributed by atoms with Crippen molar-refractivity contribution in [2.45, 2.75) is 11.7 Å². The van der Waals surface area contributed by atoms with Gasteiger partial charge in [-0.3, -0.25) is 10.1 Å². The maximum absolute atomic E-state index is 11.2. The zero-order valence-electron chi connectivity index (χ0n) is 9.21. The first-order valence-corrected chi connectivity index (χ1v) is 5.75. The molecule has 4 N–H and O–H groups in total. The van der Waals surface area contributed by atoms with Gasteiger partial charge in [0, 0.05) is 6.54 Å². The molecule has 17 heavy (non-hydrogen) atoms. The number of urea groups is 1. The molecule has 94 valence electrons. The molecule has 1 aromatic rings. The largest absolute Gasteiger partial charge is 0.351 e. The van der Waals surface area contributed by atoms with Crippen LogP contribution >= 0.6 is 11.8 Å². The maximum atomic E-state index is 11.2. The fourth-order valence-corrected chi connectivity index (χ4v) is 1.66. The van der Waals surface area contributed by atoms with E-state index in [9.17, 15) is 9.59 Å². The minimum atomic E-state index is -0.870. The van der Waals surface area contributed by atoms with E-state index in [1.54, 1.807) is 4.68 Å². The van der Waals surface area contributed by atoms with Gasteiger partial charge in [0.1, 0.15) is 0 Å². The van der Waals surface area contributed by atoms with Crippen molar-refractivity contribution in [3.05, 3.63) is 0 Å². The van der Waals surface area contributed by atoms with E-state index in [1.807, 2.05) is 12.4 Å². The molecule has 1 rings (SSSR count). The minimum Gasteiger partial charge on any atom is -0.351 e. The van der Waals surface area contributed by atoms with Gasteiger partial charge in [0.05, 0.1) is 12.3 Å². The molecule has 1 aromatic heterocycles. The average Bonchev–Trinajstić information content (AvgIpc) is 2.70. The number of imide groups is 1. The van der Waals surface area contributed by atoms with Crippen molar-refractivity contribution in [2.75, 3.05) is 19.3 Å². The lowest BCUT2D eigenvalue weighted by atomic mass is 10.6. The molecule has 0 fully saturated rings. The molecule has 0 saturated carbocycles. The van der Waals surface area contributed by atoms with Crippen molar-refractivity contribution in [3.63, 3.8) is 0 Å². The van der Waals surface area contributed by atoms with Gasteiger partial charge in [-0.25, -0.2) is 9.48 Å². The monoisotopic (exact) mass is 259 g/mol. The molecular weight excluding hydrogens is 246 g/mol.